The maximum Gasteiger partial charge on any atom is 0.419 e. The van der Waals surface area contributed by atoms with Gasteiger partial charge in [0.25, 0.3) is 0 Å². The molecule has 0 bridgehead atoms. The highest BCUT2D eigenvalue weighted by molar-refractivity contribution is 5.48. The second-order valence-corrected chi connectivity index (χ2v) is 4.52. The lowest BCUT2D eigenvalue weighted by molar-refractivity contribution is -0.137. The maximum absolute atomic E-state index is 12.9. The molecule has 0 spiro atoms. The van der Waals surface area contributed by atoms with Crippen LogP contribution in [0.4, 0.5) is 19.0 Å². The number of anilines is 1. The van der Waals surface area contributed by atoms with Gasteiger partial charge in [0, 0.05) is 25.8 Å². The summed E-state index contributed by atoms with van der Waals surface area (Å²) < 4.78 is 38.7. The molecule has 0 aliphatic carbocycles. The first kappa shape index (κ1) is 13.1. The van der Waals surface area contributed by atoms with Crippen LogP contribution in [0.5, 0.6) is 0 Å². The van der Waals surface area contributed by atoms with Crippen molar-refractivity contribution in [1.29, 1.82) is 0 Å². The Labute approximate surface area is 104 Å². The van der Waals surface area contributed by atoms with Gasteiger partial charge in [-0.25, -0.2) is 4.98 Å². The van der Waals surface area contributed by atoms with E-state index in [1.165, 1.54) is 12.3 Å². The van der Waals surface area contributed by atoms with E-state index in [2.05, 4.69) is 9.88 Å². The molecule has 0 amide bonds. The zero-order chi connectivity index (χ0) is 13.2. The van der Waals surface area contributed by atoms with E-state index in [4.69, 9.17) is 0 Å². The Bertz CT molecular complexity index is 406. The topological polar surface area (TPSA) is 19.4 Å². The van der Waals surface area contributed by atoms with Gasteiger partial charge in [0.15, 0.2) is 0 Å². The summed E-state index contributed by atoms with van der Waals surface area (Å²) in [6.45, 7) is 2.86. The van der Waals surface area contributed by atoms with Gasteiger partial charge in [-0.3, -0.25) is 0 Å². The molecule has 0 aromatic carbocycles. The lowest BCUT2D eigenvalue weighted by atomic mass is 10.2. The van der Waals surface area contributed by atoms with Gasteiger partial charge in [-0.15, -0.1) is 0 Å². The van der Waals surface area contributed by atoms with Crippen LogP contribution in [0.2, 0.25) is 0 Å². The highest BCUT2D eigenvalue weighted by atomic mass is 19.4. The Morgan fingerprint density at radius 3 is 2.67 bits per heavy atom. The second kappa shape index (κ2) is 5.14. The normalized spacial score (nSPS) is 18.8. The summed E-state index contributed by atoms with van der Waals surface area (Å²) in [5, 5.41) is 0. The molecular weight excluding hydrogens is 243 g/mol. The Hall–Kier alpha value is -1.30. The van der Waals surface area contributed by atoms with Crippen molar-refractivity contribution in [1.82, 2.24) is 9.88 Å². The number of halogens is 3. The first-order valence-corrected chi connectivity index (χ1v) is 5.94. The van der Waals surface area contributed by atoms with E-state index in [0.29, 0.717) is 13.1 Å². The molecule has 1 saturated heterocycles. The van der Waals surface area contributed by atoms with E-state index in [1.807, 2.05) is 7.05 Å². The van der Waals surface area contributed by atoms with Crippen molar-refractivity contribution in [2.24, 2.45) is 0 Å². The van der Waals surface area contributed by atoms with E-state index in [1.54, 1.807) is 4.90 Å². The van der Waals surface area contributed by atoms with Crippen LogP contribution in [0, 0.1) is 0 Å². The van der Waals surface area contributed by atoms with Crippen molar-refractivity contribution in [2.45, 2.75) is 12.6 Å². The Kier molecular flexibility index (Phi) is 3.75. The molecule has 1 fully saturated rings. The maximum atomic E-state index is 12.9. The van der Waals surface area contributed by atoms with Gasteiger partial charge in [0.05, 0.1) is 5.56 Å². The number of hydrogen-bond donors (Lipinski definition) is 0. The SMILES string of the molecule is CN1CCCN(c2ncccc2C(F)(F)F)CC1. The van der Waals surface area contributed by atoms with Crippen LogP contribution in [0.15, 0.2) is 18.3 Å². The molecule has 0 unspecified atom stereocenters. The number of likely N-dealkylation sites (N-methyl/N-ethyl adjacent to an activating group) is 1. The first-order chi connectivity index (χ1) is 8.48. The summed E-state index contributed by atoms with van der Waals surface area (Å²) in [7, 11) is 1.98. The van der Waals surface area contributed by atoms with Crippen molar-refractivity contribution < 1.29 is 13.2 Å². The van der Waals surface area contributed by atoms with Gasteiger partial charge in [-0.2, -0.15) is 13.2 Å². The van der Waals surface area contributed by atoms with Crippen LogP contribution in [0.3, 0.4) is 0 Å². The second-order valence-electron chi connectivity index (χ2n) is 4.52. The quantitative estimate of drug-likeness (QED) is 0.771. The molecule has 0 radical (unpaired) electrons. The lowest BCUT2D eigenvalue weighted by Crippen LogP contribution is -2.31. The van der Waals surface area contributed by atoms with Gasteiger partial charge in [0.1, 0.15) is 5.82 Å². The highest BCUT2D eigenvalue weighted by Crippen LogP contribution is 2.35. The fourth-order valence-electron chi connectivity index (χ4n) is 2.13. The minimum absolute atomic E-state index is 0.0558. The Morgan fingerprint density at radius 2 is 1.94 bits per heavy atom. The summed E-state index contributed by atoms with van der Waals surface area (Å²) in [4.78, 5) is 7.77. The molecule has 0 N–H and O–H groups in total. The Morgan fingerprint density at radius 1 is 1.17 bits per heavy atom. The summed E-state index contributed by atoms with van der Waals surface area (Å²) in [5.41, 5.74) is -0.644. The van der Waals surface area contributed by atoms with Gasteiger partial charge < -0.3 is 9.80 Å². The third-order valence-electron chi connectivity index (χ3n) is 3.11. The smallest absolute Gasteiger partial charge is 0.355 e. The summed E-state index contributed by atoms with van der Waals surface area (Å²) in [5.74, 6) is 0.0558. The molecule has 0 saturated carbocycles. The number of aromatic nitrogens is 1. The van der Waals surface area contributed by atoms with Crippen molar-refractivity contribution in [3.63, 3.8) is 0 Å². The third kappa shape index (κ3) is 2.93. The zero-order valence-corrected chi connectivity index (χ0v) is 10.2. The van der Waals surface area contributed by atoms with Gasteiger partial charge in [-0.1, -0.05) is 0 Å². The predicted molar refractivity (Wildman–Crippen MR) is 63.6 cm³/mol. The van der Waals surface area contributed by atoms with Crippen LogP contribution in [0.1, 0.15) is 12.0 Å². The number of nitrogens with zero attached hydrogens (tertiary/aromatic N) is 3. The molecule has 2 heterocycles. The molecular formula is C12H16F3N3. The first-order valence-electron chi connectivity index (χ1n) is 5.94. The minimum atomic E-state index is -4.35. The fourth-order valence-corrected chi connectivity index (χ4v) is 2.13. The molecule has 1 aliphatic heterocycles. The van der Waals surface area contributed by atoms with Gasteiger partial charge in [0.2, 0.25) is 0 Å². The van der Waals surface area contributed by atoms with Crippen LogP contribution in [0.25, 0.3) is 0 Å². The number of rotatable bonds is 1. The number of hydrogen-bond acceptors (Lipinski definition) is 3. The van der Waals surface area contributed by atoms with E-state index in [-0.39, 0.29) is 5.82 Å². The van der Waals surface area contributed by atoms with Crippen LogP contribution in [-0.4, -0.2) is 43.1 Å². The molecule has 2 rings (SSSR count). The largest absolute Gasteiger partial charge is 0.419 e. The van der Waals surface area contributed by atoms with Crippen LogP contribution >= 0.6 is 0 Å². The van der Waals surface area contributed by atoms with Gasteiger partial charge >= 0.3 is 6.18 Å². The summed E-state index contributed by atoms with van der Waals surface area (Å²) in [6.07, 6.45) is -2.08. The minimum Gasteiger partial charge on any atom is -0.355 e. The zero-order valence-electron chi connectivity index (χ0n) is 10.2. The van der Waals surface area contributed by atoms with E-state index < -0.39 is 11.7 Å². The lowest BCUT2D eigenvalue weighted by Gasteiger charge is -2.24. The highest BCUT2D eigenvalue weighted by Gasteiger charge is 2.35. The summed E-state index contributed by atoms with van der Waals surface area (Å²) >= 11 is 0. The standard InChI is InChI=1S/C12H16F3N3/c1-17-6-3-7-18(9-8-17)11-10(12(13,14)15)4-2-5-16-11/h2,4-5H,3,6-9H2,1H3. The third-order valence-corrected chi connectivity index (χ3v) is 3.11. The van der Waals surface area contributed by atoms with E-state index >= 15 is 0 Å². The molecule has 6 heteroatoms. The molecule has 3 nitrogen and oxygen atoms in total. The summed E-state index contributed by atoms with van der Waals surface area (Å²) in [6, 6.07) is 2.42. The predicted octanol–water partition coefficient (Wildman–Crippen LogP) is 2.24. The average molecular weight is 259 g/mol. The molecule has 100 valence electrons. The van der Waals surface area contributed by atoms with Crippen molar-refractivity contribution in [3.8, 4) is 0 Å². The van der Waals surface area contributed by atoms with Crippen LogP contribution < -0.4 is 4.90 Å². The van der Waals surface area contributed by atoms with Crippen LogP contribution in [-0.2, 0) is 6.18 Å². The Balaban J connectivity index is 2.27. The number of pyridine rings is 1. The molecule has 18 heavy (non-hydrogen) atoms. The number of alkyl halides is 3. The van der Waals surface area contributed by atoms with Crippen molar-refractivity contribution in [2.75, 3.05) is 38.1 Å². The molecule has 1 aromatic rings. The fraction of sp³-hybridized carbons (Fsp3) is 0.583. The molecule has 1 aromatic heterocycles. The van der Waals surface area contributed by atoms with Gasteiger partial charge in [-0.05, 0) is 32.1 Å². The molecule has 0 atom stereocenters. The van der Waals surface area contributed by atoms with Crippen molar-refractivity contribution in [3.05, 3.63) is 23.9 Å². The van der Waals surface area contributed by atoms with Crippen molar-refractivity contribution >= 4 is 5.82 Å². The monoisotopic (exact) mass is 259 g/mol. The van der Waals surface area contributed by atoms with E-state index in [0.717, 1.165) is 25.6 Å². The van der Waals surface area contributed by atoms with E-state index in [9.17, 15) is 13.2 Å². The average Bonchev–Trinajstić information content (AvgIpc) is 2.53. The molecule has 1 aliphatic rings.